The van der Waals surface area contributed by atoms with Crippen LogP contribution < -0.4 is 0 Å². The average Bonchev–Trinajstić information content (AvgIpc) is 3.56. The Kier molecular flexibility index (Phi) is 13.9. The molecule has 1 aliphatic heterocycles. The first kappa shape index (κ1) is 40.0. The number of ether oxygens (including phenoxy) is 4. The molecule has 1 fully saturated rings. The Bertz CT molecular complexity index is 2060. The molecule has 2 aromatic carbocycles. The van der Waals surface area contributed by atoms with E-state index in [4.69, 9.17) is 52.7 Å². The number of esters is 3. The molecule has 0 spiro atoms. The van der Waals surface area contributed by atoms with Gasteiger partial charge in [-0.1, -0.05) is 40.2 Å². The minimum atomic E-state index is -1.23. The Hall–Kier alpha value is -4.78. The predicted octanol–water partition coefficient (Wildman–Crippen LogP) is 6.13. The van der Waals surface area contributed by atoms with Crippen LogP contribution in [0.25, 0.3) is 11.3 Å². The first-order chi connectivity index (χ1) is 24.7. The minimum absolute atomic E-state index is 0.00461. The summed E-state index contributed by atoms with van der Waals surface area (Å²) in [7, 11) is 0. The van der Waals surface area contributed by atoms with Crippen LogP contribution in [-0.4, -0.2) is 68.2 Å². The van der Waals surface area contributed by atoms with Gasteiger partial charge in [0.05, 0.1) is 21.8 Å². The Morgan fingerprint density at radius 3 is 2.27 bits per heavy atom. The van der Waals surface area contributed by atoms with Gasteiger partial charge in [-0.05, 0) is 42.5 Å². The van der Waals surface area contributed by atoms with Crippen LogP contribution >= 0.6 is 47.6 Å². The summed E-state index contributed by atoms with van der Waals surface area (Å²) in [5.74, 6) is -4.22. The molecule has 52 heavy (non-hydrogen) atoms. The summed E-state index contributed by atoms with van der Waals surface area (Å²) in [4.78, 5) is 41.4. The Morgan fingerprint density at radius 2 is 1.67 bits per heavy atom. The third-order valence-electron chi connectivity index (χ3n) is 6.95. The van der Waals surface area contributed by atoms with E-state index < -0.39 is 59.3 Å². The van der Waals surface area contributed by atoms with Crippen LogP contribution in [0.4, 0.5) is 8.78 Å². The predicted molar refractivity (Wildman–Crippen MR) is 184 cm³/mol. The average molecular weight is 792 g/mol. The van der Waals surface area contributed by atoms with Gasteiger partial charge in [0.25, 0.3) is 0 Å². The molecule has 270 valence electrons. The fraction of sp³-hybridized carbons (Fsp3) is 0.273. The summed E-state index contributed by atoms with van der Waals surface area (Å²) in [5.41, 5.74) is -0.240. The molecule has 5 atom stereocenters. The molecular formula is C33H26Cl2F2N6O7S2. The third kappa shape index (κ3) is 10.4. The Balaban J connectivity index is 0.000000521. The highest BCUT2D eigenvalue weighted by molar-refractivity contribution is 7.99. The summed E-state index contributed by atoms with van der Waals surface area (Å²) < 4.78 is 51.3. The third-order valence-corrected chi connectivity index (χ3v) is 8.94. The van der Waals surface area contributed by atoms with E-state index in [-0.39, 0.29) is 28.6 Å². The number of rotatable bonds is 8. The number of nitriles is 2. The van der Waals surface area contributed by atoms with Crippen molar-refractivity contribution in [3.05, 3.63) is 87.8 Å². The monoisotopic (exact) mass is 790 g/mol. The van der Waals surface area contributed by atoms with Crippen LogP contribution in [0.1, 0.15) is 38.1 Å². The van der Waals surface area contributed by atoms with Gasteiger partial charge >= 0.3 is 17.9 Å². The molecule has 0 N–H and O–H groups in total. The molecule has 0 bridgehead atoms. The molecule has 0 saturated carbocycles. The zero-order valence-electron chi connectivity index (χ0n) is 27.2. The van der Waals surface area contributed by atoms with Gasteiger partial charge in [-0.15, -0.1) is 17.7 Å². The lowest BCUT2D eigenvalue weighted by atomic mass is 9.96. The fourth-order valence-corrected chi connectivity index (χ4v) is 6.68. The minimum Gasteiger partial charge on any atom is -0.463 e. The summed E-state index contributed by atoms with van der Waals surface area (Å²) in [6.45, 7) is 3.15. The van der Waals surface area contributed by atoms with Crippen molar-refractivity contribution >= 4 is 65.5 Å². The number of hydrogen-bond acceptors (Lipinski definition) is 14. The maximum Gasteiger partial charge on any atom is 0.303 e. The van der Waals surface area contributed by atoms with E-state index in [0.29, 0.717) is 15.5 Å². The van der Waals surface area contributed by atoms with E-state index in [1.165, 1.54) is 43.1 Å². The summed E-state index contributed by atoms with van der Waals surface area (Å²) in [6, 6.07) is 12.4. The molecule has 3 heterocycles. The van der Waals surface area contributed by atoms with E-state index in [1.807, 2.05) is 12.1 Å². The first-order valence-corrected chi connectivity index (χ1v) is 16.9. The molecular weight excluding hydrogens is 765 g/mol. The number of hydrogen-bond donors (Lipinski definition) is 1. The van der Waals surface area contributed by atoms with Crippen molar-refractivity contribution in [2.75, 3.05) is 6.61 Å². The van der Waals surface area contributed by atoms with Crippen molar-refractivity contribution in [1.29, 1.82) is 10.5 Å². The van der Waals surface area contributed by atoms with E-state index in [9.17, 15) is 23.2 Å². The van der Waals surface area contributed by atoms with Gasteiger partial charge in [-0.3, -0.25) is 14.4 Å². The molecule has 13 nitrogen and oxygen atoms in total. The zero-order valence-corrected chi connectivity index (χ0v) is 30.4. The lowest BCUT2D eigenvalue weighted by Gasteiger charge is -2.44. The SMILES string of the molecule is CC(=O)OC[C@H]1O[C@H](Sc2cnc(C#N)c(Cl)c2)[C@H](OC(C)=O)[C@@H](n2cc(-c3ccc(F)c(F)c3)nn2)[C@H]1OC(C)=O.N#Cc1ccc(S)cc1Cl. The Morgan fingerprint density at radius 1 is 0.962 bits per heavy atom. The number of carbonyl (C=O) groups is 3. The molecule has 1 saturated heterocycles. The van der Waals surface area contributed by atoms with Crippen LogP contribution in [0.2, 0.25) is 10.0 Å². The number of thioether (sulfide) groups is 1. The number of nitrogens with zero attached hydrogens (tertiary/aromatic N) is 6. The van der Waals surface area contributed by atoms with Crippen molar-refractivity contribution in [3.8, 4) is 23.4 Å². The van der Waals surface area contributed by atoms with Gasteiger partial charge in [0.1, 0.15) is 42.0 Å². The van der Waals surface area contributed by atoms with Crippen LogP contribution in [0.5, 0.6) is 0 Å². The van der Waals surface area contributed by atoms with Gasteiger partial charge in [-0.2, -0.15) is 10.5 Å². The zero-order chi connectivity index (χ0) is 38.1. The largest absolute Gasteiger partial charge is 0.463 e. The number of pyridine rings is 1. The lowest BCUT2D eigenvalue weighted by molar-refractivity contribution is -0.212. The molecule has 4 aromatic rings. The maximum absolute atomic E-state index is 13.9. The van der Waals surface area contributed by atoms with Gasteiger partial charge in [0.15, 0.2) is 29.5 Å². The molecule has 0 unspecified atom stereocenters. The molecule has 0 radical (unpaired) electrons. The highest BCUT2D eigenvalue weighted by Gasteiger charge is 2.52. The summed E-state index contributed by atoms with van der Waals surface area (Å²) >= 11 is 16.9. The normalized spacial score (nSPS) is 19.2. The second-order valence-corrected chi connectivity index (χ2v) is 13.2. The van der Waals surface area contributed by atoms with E-state index in [0.717, 1.165) is 35.7 Å². The van der Waals surface area contributed by atoms with E-state index in [2.05, 4.69) is 27.9 Å². The molecule has 5 rings (SSSR count). The van der Waals surface area contributed by atoms with Gasteiger partial charge in [0.2, 0.25) is 0 Å². The molecule has 0 aliphatic carbocycles. The second-order valence-electron chi connectivity index (χ2n) is 10.7. The van der Waals surface area contributed by atoms with Gasteiger partial charge in [0, 0.05) is 42.3 Å². The fourth-order valence-electron chi connectivity index (χ4n) is 4.78. The van der Waals surface area contributed by atoms with Crippen LogP contribution in [0, 0.1) is 34.3 Å². The summed E-state index contributed by atoms with van der Waals surface area (Å²) in [6.07, 6.45) is -0.788. The van der Waals surface area contributed by atoms with Crippen molar-refractivity contribution in [3.63, 3.8) is 0 Å². The van der Waals surface area contributed by atoms with Crippen molar-refractivity contribution < 1.29 is 42.1 Å². The maximum atomic E-state index is 13.9. The number of benzene rings is 2. The lowest BCUT2D eigenvalue weighted by Crippen LogP contribution is -2.57. The van der Waals surface area contributed by atoms with Gasteiger partial charge in [-0.25, -0.2) is 18.4 Å². The first-order valence-electron chi connectivity index (χ1n) is 14.8. The van der Waals surface area contributed by atoms with E-state index >= 15 is 0 Å². The highest BCUT2D eigenvalue weighted by atomic mass is 35.5. The van der Waals surface area contributed by atoms with Gasteiger partial charge < -0.3 is 18.9 Å². The second kappa shape index (κ2) is 18.1. The molecule has 0 amide bonds. The standard InChI is InChI=1S/C26H22ClF2N5O7S.C7H4ClNS/c1-12(35)38-11-22-24(39-13(2)36)23(34-10-21(32-33-34)15-4-5-18(28)19(29)6-15)25(40-14(3)37)26(41-22)42-16-7-17(27)20(8-30)31-9-16;8-7-3-6(10)2-1-5(7)4-9/h4-7,9-10,22-26H,11H2,1-3H3;1-3,10H/t22-,23+,24+,25-,26-;/m1./s1. The quantitative estimate of drug-likeness (QED) is 0.123. The highest BCUT2D eigenvalue weighted by Crippen LogP contribution is 2.42. The van der Waals surface area contributed by atoms with Crippen molar-refractivity contribution in [2.45, 2.75) is 60.4 Å². The number of aromatic nitrogens is 4. The van der Waals surface area contributed by atoms with Crippen LogP contribution in [0.3, 0.4) is 0 Å². The van der Waals surface area contributed by atoms with Crippen LogP contribution in [-0.2, 0) is 33.3 Å². The van der Waals surface area contributed by atoms with Crippen LogP contribution in [0.15, 0.2) is 64.6 Å². The number of thiol groups is 1. The topological polar surface area (TPSA) is 179 Å². The smallest absolute Gasteiger partial charge is 0.303 e. The van der Waals surface area contributed by atoms with Crippen molar-refractivity contribution in [2.24, 2.45) is 0 Å². The Labute approximate surface area is 315 Å². The molecule has 1 aliphatic rings. The number of carbonyl (C=O) groups excluding carboxylic acids is 3. The molecule has 2 aromatic heterocycles. The van der Waals surface area contributed by atoms with Crippen molar-refractivity contribution in [1.82, 2.24) is 20.0 Å². The number of halogens is 4. The summed E-state index contributed by atoms with van der Waals surface area (Å²) in [5, 5.41) is 26.3. The molecule has 19 heteroatoms. The van der Waals surface area contributed by atoms with E-state index in [1.54, 1.807) is 18.2 Å².